The molecule has 1 fully saturated rings. The lowest BCUT2D eigenvalue weighted by Crippen LogP contribution is -2.33. The number of aryl methyl sites for hydroxylation is 1. The van der Waals surface area contributed by atoms with Crippen molar-refractivity contribution in [3.8, 4) is 0 Å². The lowest BCUT2D eigenvalue weighted by molar-refractivity contribution is 0.443. The molecule has 1 aromatic rings. The molecule has 1 heterocycles. The summed E-state index contributed by atoms with van der Waals surface area (Å²) in [7, 11) is 0. The molecule has 0 amide bonds. The summed E-state index contributed by atoms with van der Waals surface area (Å²) in [5, 5.41) is 0. The van der Waals surface area contributed by atoms with Crippen molar-refractivity contribution in [1.29, 1.82) is 0 Å². The SMILES string of the molecule is Cc1nc(C2(N)CCCC2)co1.Cl. The third-order valence-electron chi connectivity index (χ3n) is 2.62. The van der Waals surface area contributed by atoms with E-state index in [-0.39, 0.29) is 17.9 Å². The van der Waals surface area contributed by atoms with Gasteiger partial charge in [-0.1, -0.05) is 12.8 Å². The van der Waals surface area contributed by atoms with Gasteiger partial charge in [0, 0.05) is 6.92 Å². The molecule has 4 heteroatoms. The molecule has 1 aromatic heterocycles. The van der Waals surface area contributed by atoms with Crippen LogP contribution in [0.2, 0.25) is 0 Å². The van der Waals surface area contributed by atoms with E-state index in [1.807, 2.05) is 6.92 Å². The Morgan fingerprint density at radius 3 is 2.54 bits per heavy atom. The maximum absolute atomic E-state index is 6.17. The first kappa shape index (κ1) is 10.5. The molecule has 0 radical (unpaired) electrons. The Morgan fingerprint density at radius 1 is 1.46 bits per heavy atom. The molecule has 0 aliphatic heterocycles. The van der Waals surface area contributed by atoms with Crippen LogP contribution in [0, 0.1) is 6.92 Å². The van der Waals surface area contributed by atoms with Crippen molar-refractivity contribution >= 4 is 12.4 Å². The first-order chi connectivity index (χ1) is 5.71. The van der Waals surface area contributed by atoms with E-state index in [0.717, 1.165) is 18.5 Å². The Balaban J connectivity index is 0.000000845. The second kappa shape index (κ2) is 3.68. The number of rotatable bonds is 1. The molecule has 1 aliphatic rings. The molecule has 3 nitrogen and oxygen atoms in total. The molecule has 0 aromatic carbocycles. The molecule has 1 saturated carbocycles. The Labute approximate surface area is 84.1 Å². The van der Waals surface area contributed by atoms with Gasteiger partial charge in [-0.15, -0.1) is 12.4 Å². The third-order valence-corrected chi connectivity index (χ3v) is 2.62. The lowest BCUT2D eigenvalue weighted by atomic mass is 9.96. The summed E-state index contributed by atoms with van der Waals surface area (Å²) in [4.78, 5) is 4.27. The maximum Gasteiger partial charge on any atom is 0.191 e. The number of nitrogens with zero attached hydrogens (tertiary/aromatic N) is 1. The average molecular weight is 203 g/mol. The van der Waals surface area contributed by atoms with E-state index in [1.54, 1.807) is 6.26 Å². The highest BCUT2D eigenvalue weighted by molar-refractivity contribution is 5.85. The van der Waals surface area contributed by atoms with Crippen LogP contribution in [-0.4, -0.2) is 4.98 Å². The maximum atomic E-state index is 6.17. The van der Waals surface area contributed by atoms with Gasteiger partial charge in [0.1, 0.15) is 6.26 Å². The van der Waals surface area contributed by atoms with Gasteiger partial charge in [-0.05, 0) is 12.8 Å². The fraction of sp³-hybridized carbons (Fsp3) is 0.667. The fourth-order valence-electron chi connectivity index (χ4n) is 1.85. The van der Waals surface area contributed by atoms with Crippen molar-refractivity contribution in [3.05, 3.63) is 17.8 Å². The van der Waals surface area contributed by atoms with Crippen LogP contribution in [0.25, 0.3) is 0 Å². The summed E-state index contributed by atoms with van der Waals surface area (Å²) in [6.45, 7) is 1.85. The summed E-state index contributed by atoms with van der Waals surface area (Å²) in [6, 6.07) is 0. The lowest BCUT2D eigenvalue weighted by Gasteiger charge is -2.19. The van der Waals surface area contributed by atoms with E-state index in [4.69, 9.17) is 10.2 Å². The van der Waals surface area contributed by atoms with E-state index in [2.05, 4.69) is 4.98 Å². The summed E-state index contributed by atoms with van der Waals surface area (Å²) < 4.78 is 5.15. The van der Waals surface area contributed by atoms with E-state index in [1.165, 1.54) is 12.8 Å². The molecular weight excluding hydrogens is 188 g/mol. The van der Waals surface area contributed by atoms with E-state index in [9.17, 15) is 0 Å². The molecular formula is C9H15ClN2O. The van der Waals surface area contributed by atoms with Crippen LogP contribution in [0.15, 0.2) is 10.7 Å². The minimum atomic E-state index is -0.197. The van der Waals surface area contributed by atoms with Gasteiger partial charge in [0.15, 0.2) is 5.89 Å². The van der Waals surface area contributed by atoms with Crippen LogP contribution >= 0.6 is 12.4 Å². The third kappa shape index (κ3) is 1.86. The van der Waals surface area contributed by atoms with Gasteiger partial charge in [0.25, 0.3) is 0 Å². The molecule has 0 unspecified atom stereocenters. The molecule has 1 aliphatic carbocycles. The Morgan fingerprint density at radius 2 is 2.08 bits per heavy atom. The Bertz CT molecular complexity index is 279. The topological polar surface area (TPSA) is 52.0 Å². The summed E-state index contributed by atoms with van der Waals surface area (Å²) in [5.41, 5.74) is 6.90. The second-order valence-corrected chi connectivity index (χ2v) is 3.62. The highest BCUT2D eigenvalue weighted by Gasteiger charge is 2.33. The fourth-order valence-corrected chi connectivity index (χ4v) is 1.85. The smallest absolute Gasteiger partial charge is 0.191 e. The van der Waals surface area contributed by atoms with Crippen molar-refractivity contribution in [2.75, 3.05) is 0 Å². The molecule has 13 heavy (non-hydrogen) atoms. The number of aromatic nitrogens is 1. The zero-order valence-electron chi connectivity index (χ0n) is 7.75. The number of nitrogens with two attached hydrogens (primary N) is 1. The first-order valence-electron chi connectivity index (χ1n) is 4.42. The van der Waals surface area contributed by atoms with E-state index in [0.29, 0.717) is 5.89 Å². The number of hydrogen-bond acceptors (Lipinski definition) is 3. The van der Waals surface area contributed by atoms with E-state index >= 15 is 0 Å². The average Bonchev–Trinajstić information content (AvgIpc) is 2.59. The van der Waals surface area contributed by atoms with Crippen molar-refractivity contribution < 1.29 is 4.42 Å². The van der Waals surface area contributed by atoms with Gasteiger partial charge in [0.05, 0.1) is 11.2 Å². The van der Waals surface area contributed by atoms with Gasteiger partial charge in [0.2, 0.25) is 0 Å². The number of halogens is 1. The van der Waals surface area contributed by atoms with Gasteiger partial charge >= 0.3 is 0 Å². The molecule has 2 rings (SSSR count). The van der Waals surface area contributed by atoms with Gasteiger partial charge in [-0.3, -0.25) is 0 Å². The zero-order chi connectivity index (χ0) is 8.60. The zero-order valence-corrected chi connectivity index (χ0v) is 8.56. The predicted octanol–water partition coefficient (Wildman–Crippen LogP) is 2.13. The number of oxazole rings is 1. The molecule has 74 valence electrons. The Hall–Kier alpha value is -0.540. The van der Waals surface area contributed by atoms with Crippen LogP contribution < -0.4 is 5.73 Å². The summed E-state index contributed by atoms with van der Waals surface area (Å²) >= 11 is 0. The molecule has 0 bridgehead atoms. The van der Waals surface area contributed by atoms with Crippen molar-refractivity contribution in [3.63, 3.8) is 0 Å². The molecule has 0 saturated heterocycles. The van der Waals surface area contributed by atoms with Crippen molar-refractivity contribution in [1.82, 2.24) is 4.98 Å². The Kier molecular flexibility index (Phi) is 2.98. The first-order valence-corrected chi connectivity index (χ1v) is 4.42. The highest BCUT2D eigenvalue weighted by Crippen LogP contribution is 2.35. The highest BCUT2D eigenvalue weighted by atomic mass is 35.5. The molecule has 2 N–H and O–H groups in total. The van der Waals surface area contributed by atoms with Gasteiger partial charge in [-0.25, -0.2) is 4.98 Å². The van der Waals surface area contributed by atoms with E-state index < -0.39 is 0 Å². The molecule has 0 atom stereocenters. The minimum absolute atomic E-state index is 0. The van der Waals surface area contributed by atoms with Crippen molar-refractivity contribution in [2.45, 2.75) is 38.1 Å². The van der Waals surface area contributed by atoms with Crippen LogP contribution in [0.1, 0.15) is 37.3 Å². The van der Waals surface area contributed by atoms with Crippen molar-refractivity contribution in [2.24, 2.45) is 5.73 Å². The predicted molar refractivity (Wildman–Crippen MR) is 52.8 cm³/mol. The molecule has 0 spiro atoms. The van der Waals surface area contributed by atoms with Crippen LogP contribution in [0.3, 0.4) is 0 Å². The summed E-state index contributed by atoms with van der Waals surface area (Å²) in [6.07, 6.45) is 6.20. The van der Waals surface area contributed by atoms with Crippen LogP contribution in [-0.2, 0) is 5.54 Å². The van der Waals surface area contributed by atoms with Gasteiger partial charge in [-0.2, -0.15) is 0 Å². The quantitative estimate of drug-likeness (QED) is 0.759. The van der Waals surface area contributed by atoms with Crippen LogP contribution in [0.4, 0.5) is 0 Å². The largest absolute Gasteiger partial charge is 0.449 e. The standard InChI is InChI=1S/C9H14N2O.ClH/c1-7-11-8(6-12-7)9(10)4-2-3-5-9;/h6H,2-5,10H2,1H3;1H. The minimum Gasteiger partial charge on any atom is -0.449 e. The second-order valence-electron chi connectivity index (χ2n) is 3.62. The summed E-state index contributed by atoms with van der Waals surface area (Å²) in [5.74, 6) is 0.710. The van der Waals surface area contributed by atoms with Crippen LogP contribution in [0.5, 0.6) is 0 Å². The van der Waals surface area contributed by atoms with Gasteiger partial charge < -0.3 is 10.2 Å². The number of hydrogen-bond donors (Lipinski definition) is 1. The monoisotopic (exact) mass is 202 g/mol. The normalized spacial score (nSPS) is 19.8.